The Morgan fingerprint density at radius 2 is 2.42 bits per heavy atom. The lowest BCUT2D eigenvalue weighted by Crippen LogP contribution is -2.21. The summed E-state index contributed by atoms with van der Waals surface area (Å²) in [5.41, 5.74) is 1.15. The highest BCUT2D eigenvalue weighted by Gasteiger charge is 2.18. The molecule has 2 heteroatoms. The first-order valence-electron chi connectivity index (χ1n) is 4.60. The average molecular weight is 168 g/mol. The van der Waals surface area contributed by atoms with E-state index in [0.29, 0.717) is 0 Å². The molecule has 1 rings (SSSR count). The van der Waals surface area contributed by atoms with Crippen molar-refractivity contribution >= 4 is 5.97 Å². The summed E-state index contributed by atoms with van der Waals surface area (Å²) in [6.45, 7) is 4.13. The van der Waals surface area contributed by atoms with E-state index in [9.17, 15) is 4.79 Å². The fourth-order valence-corrected chi connectivity index (χ4v) is 1.45. The van der Waals surface area contributed by atoms with Gasteiger partial charge in [-0.15, -0.1) is 0 Å². The van der Waals surface area contributed by atoms with Crippen LogP contribution in [0.15, 0.2) is 11.6 Å². The van der Waals surface area contributed by atoms with Crippen molar-refractivity contribution in [2.75, 3.05) is 0 Å². The van der Waals surface area contributed by atoms with E-state index in [2.05, 4.69) is 6.92 Å². The standard InChI is InChI=1S/C10H16O2/c1-3-4-5-9-6-8(2)7-10(11)12-9/h7,9H,3-6H2,1-2H3. The second-order valence-corrected chi connectivity index (χ2v) is 3.40. The summed E-state index contributed by atoms with van der Waals surface area (Å²) in [6, 6.07) is 0. The molecular weight excluding hydrogens is 152 g/mol. The van der Waals surface area contributed by atoms with E-state index in [-0.39, 0.29) is 12.1 Å². The average Bonchev–Trinajstić information content (AvgIpc) is 1.99. The Morgan fingerprint density at radius 1 is 1.67 bits per heavy atom. The molecule has 1 aliphatic heterocycles. The van der Waals surface area contributed by atoms with E-state index in [1.165, 1.54) is 0 Å². The van der Waals surface area contributed by atoms with Crippen molar-refractivity contribution in [1.82, 2.24) is 0 Å². The zero-order chi connectivity index (χ0) is 8.97. The zero-order valence-corrected chi connectivity index (χ0v) is 7.80. The number of carbonyl (C=O) groups is 1. The van der Waals surface area contributed by atoms with Crippen LogP contribution in [0.4, 0.5) is 0 Å². The number of esters is 1. The van der Waals surface area contributed by atoms with Crippen molar-refractivity contribution in [1.29, 1.82) is 0 Å². The van der Waals surface area contributed by atoms with Gasteiger partial charge in [0.2, 0.25) is 0 Å². The largest absolute Gasteiger partial charge is 0.459 e. The van der Waals surface area contributed by atoms with Gasteiger partial charge in [-0.25, -0.2) is 4.79 Å². The van der Waals surface area contributed by atoms with Gasteiger partial charge in [0.1, 0.15) is 6.10 Å². The fraction of sp³-hybridized carbons (Fsp3) is 0.700. The number of hydrogen-bond donors (Lipinski definition) is 0. The molecule has 0 bridgehead atoms. The second-order valence-electron chi connectivity index (χ2n) is 3.40. The molecule has 0 fully saturated rings. The fourth-order valence-electron chi connectivity index (χ4n) is 1.45. The minimum atomic E-state index is -0.167. The van der Waals surface area contributed by atoms with E-state index >= 15 is 0 Å². The van der Waals surface area contributed by atoms with E-state index in [1.807, 2.05) is 6.92 Å². The first-order chi connectivity index (χ1) is 5.72. The van der Waals surface area contributed by atoms with Crippen molar-refractivity contribution in [2.45, 2.75) is 45.6 Å². The van der Waals surface area contributed by atoms with Gasteiger partial charge in [-0.05, 0) is 13.3 Å². The van der Waals surface area contributed by atoms with Crippen molar-refractivity contribution < 1.29 is 9.53 Å². The Hall–Kier alpha value is -0.790. The van der Waals surface area contributed by atoms with E-state index in [1.54, 1.807) is 6.08 Å². The highest BCUT2D eigenvalue weighted by atomic mass is 16.5. The van der Waals surface area contributed by atoms with Gasteiger partial charge in [0.05, 0.1) is 0 Å². The molecule has 12 heavy (non-hydrogen) atoms. The molecule has 0 spiro atoms. The minimum absolute atomic E-state index is 0.141. The molecule has 1 unspecified atom stereocenters. The molecule has 0 saturated carbocycles. The number of unbranched alkanes of at least 4 members (excludes halogenated alkanes) is 1. The lowest BCUT2D eigenvalue weighted by molar-refractivity contribution is -0.144. The van der Waals surface area contributed by atoms with Crippen molar-refractivity contribution in [2.24, 2.45) is 0 Å². The van der Waals surface area contributed by atoms with Crippen LogP contribution < -0.4 is 0 Å². The predicted molar refractivity (Wildman–Crippen MR) is 47.8 cm³/mol. The van der Waals surface area contributed by atoms with Crippen LogP contribution in [-0.4, -0.2) is 12.1 Å². The van der Waals surface area contributed by atoms with Gasteiger partial charge < -0.3 is 4.74 Å². The number of hydrogen-bond acceptors (Lipinski definition) is 2. The van der Waals surface area contributed by atoms with Gasteiger partial charge in [0.15, 0.2) is 0 Å². The Labute approximate surface area is 73.6 Å². The predicted octanol–water partition coefficient (Wildman–Crippen LogP) is 2.44. The van der Waals surface area contributed by atoms with Crippen LogP contribution in [0.3, 0.4) is 0 Å². The van der Waals surface area contributed by atoms with Gasteiger partial charge >= 0.3 is 5.97 Å². The molecule has 1 atom stereocenters. The molecule has 1 heterocycles. The van der Waals surface area contributed by atoms with Crippen LogP contribution in [0.25, 0.3) is 0 Å². The molecule has 2 nitrogen and oxygen atoms in total. The van der Waals surface area contributed by atoms with E-state index < -0.39 is 0 Å². The van der Waals surface area contributed by atoms with E-state index in [4.69, 9.17) is 4.74 Å². The van der Waals surface area contributed by atoms with Crippen LogP contribution in [0.5, 0.6) is 0 Å². The number of cyclic esters (lactones) is 1. The van der Waals surface area contributed by atoms with Crippen molar-refractivity contribution in [3.05, 3.63) is 11.6 Å². The van der Waals surface area contributed by atoms with Crippen molar-refractivity contribution in [3.63, 3.8) is 0 Å². The SMILES string of the molecule is CCCCC1CC(C)=CC(=O)O1. The highest BCUT2D eigenvalue weighted by Crippen LogP contribution is 2.19. The van der Waals surface area contributed by atoms with E-state index in [0.717, 1.165) is 31.3 Å². The third-order valence-corrected chi connectivity index (χ3v) is 2.08. The Morgan fingerprint density at radius 3 is 3.00 bits per heavy atom. The molecule has 0 N–H and O–H groups in total. The molecule has 0 aromatic heterocycles. The Bertz CT molecular complexity index is 194. The van der Waals surface area contributed by atoms with Gasteiger partial charge in [0, 0.05) is 12.5 Å². The quantitative estimate of drug-likeness (QED) is 0.605. The molecule has 1 aliphatic rings. The van der Waals surface area contributed by atoms with Crippen LogP contribution in [0.1, 0.15) is 39.5 Å². The third kappa shape index (κ3) is 2.68. The van der Waals surface area contributed by atoms with Gasteiger partial charge in [-0.2, -0.15) is 0 Å². The Balaban J connectivity index is 2.39. The van der Waals surface area contributed by atoms with Gasteiger partial charge in [0.25, 0.3) is 0 Å². The summed E-state index contributed by atoms with van der Waals surface area (Å²) in [6.07, 6.45) is 5.96. The molecule has 0 amide bonds. The molecule has 0 saturated heterocycles. The maximum absolute atomic E-state index is 10.9. The smallest absolute Gasteiger partial charge is 0.330 e. The second kappa shape index (κ2) is 4.29. The monoisotopic (exact) mass is 168 g/mol. The van der Waals surface area contributed by atoms with Crippen LogP contribution in [-0.2, 0) is 9.53 Å². The number of carbonyl (C=O) groups excluding carboxylic acids is 1. The zero-order valence-electron chi connectivity index (χ0n) is 7.80. The normalized spacial score (nSPS) is 23.3. The van der Waals surface area contributed by atoms with Crippen LogP contribution >= 0.6 is 0 Å². The molecule has 0 aromatic carbocycles. The Kier molecular flexibility index (Phi) is 3.32. The van der Waals surface area contributed by atoms with Gasteiger partial charge in [-0.1, -0.05) is 25.3 Å². The lowest BCUT2D eigenvalue weighted by Gasteiger charge is -2.21. The summed E-state index contributed by atoms with van der Waals surface area (Å²) in [5, 5.41) is 0. The number of ether oxygens (including phenoxy) is 1. The summed E-state index contributed by atoms with van der Waals surface area (Å²) in [7, 11) is 0. The maximum atomic E-state index is 10.9. The number of rotatable bonds is 3. The first-order valence-corrected chi connectivity index (χ1v) is 4.60. The first kappa shape index (κ1) is 9.30. The summed E-state index contributed by atoms with van der Waals surface area (Å²) in [5.74, 6) is -0.167. The van der Waals surface area contributed by atoms with Crippen molar-refractivity contribution in [3.8, 4) is 0 Å². The molecule has 0 aliphatic carbocycles. The third-order valence-electron chi connectivity index (χ3n) is 2.08. The lowest BCUT2D eigenvalue weighted by atomic mass is 10.0. The summed E-state index contributed by atoms with van der Waals surface area (Å²) < 4.78 is 5.14. The van der Waals surface area contributed by atoms with Crippen LogP contribution in [0, 0.1) is 0 Å². The molecule has 0 aromatic rings. The van der Waals surface area contributed by atoms with Gasteiger partial charge in [-0.3, -0.25) is 0 Å². The summed E-state index contributed by atoms with van der Waals surface area (Å²) in [4.78, 5) is 10.9. The highest BCUT2D eigenvalue weighted by molar-refractivity contribution is 5.83. The minimum Gasteiger partial charge on any atom is -0.459 e. The molecule has 68 valence electrons. The van der Waals surface area contributed by atoms with Crippen LogP contribution in [0.2, 0.25) is 0 Å². The summed E-state index contributed by atoms with van der Waals surface area (Å²) >= 11 is 0. The molecule has 0 radical (unpaired) electrons. The molecular formula is C10H16O2. The maximum Gasteiger partial charge on any atom is 0.330 e. The topological polar surface area (TPSA) is 26.3 Å².